The lowest BCUT2D eigenvalue weighted by Gasteiger charge is -2.16. The van der Waals surface area contributed by atoms with Crippen LogP contribution < -0.4 is 5.32 Å². The average molecular weight is 221 g/mol. The van der Waals surface area contributed by atoms with Gasteiger partial charge in [-0.3, -0.25) is 4.68 Å². The number of nitrogens with one attached hydrogen (secondary N) is 1. The quantitative estimate of drug-likeness (QED) is 0.828. The van der Waals surface area contributed by atoms with Crippen LogP contribution in [-0.4, -0.2) is 16.8 Å². The second kappa shape index (κ2) is 4.58. The third-order valence-electron chi connectivity index (χ3n) is 3.82. The zero-order chi connectivity index (χ0) is 11.7. The number of rotatable bonds is 5. The van der Waals surface area contributed by atoms with Gasteiger partial charge in [0.2, 0.25) is 0 Å². The summed E-state index contributed by atoms with van der Waals surface area (Å²) in [4.78, 5) is 0. The maximum Gasteiger partial charge on any atom is 0.0644 e. The third kappa shape index (κ3) is 2.29. The minimum atomic E-state index is 0.481. The molecule has 0 amide bonds. The molecule has 3 heteroatoms. The summed E-state index contributed by atoms with van der Waals surface area (Å²) in [6.07, 6.45) is 5.50. The summed E-state index contributed by atoms with van der Waals surface area (Å²) in [5.41, 5.74) is 3.88. The number of aryl methyl sites for hydroxylation is 2. The fourth-order valence-corrected chi connectivity index (χ4v) is 2.54. The van der Waals surface area contributed by atoms with Crippen LogP contribution in [0.15, 0.2) is 0 Å². The maximum absolute atomic E-state index is 4.50. The van der Waals surface area contributed by atoms with E-state index >= 15 is 0 Å². The maximum atomic E-state index is 4.50. The van der Waals surface area contributed by atoms with Gasteiger partial charge in [0, 0.05) is 24.3 Å². The second-order valence-corrected chi connectivity index (χ2v) is 5.07. The molecule has 90 valence electrons. The molecule has 1 fully saturated rings. The fraction of sp³-hybridized carbons (Fsp3) is 0.769. The van der Waals surface area contributed by atoms with Gasteiger partial charge in [-0.2, -0.15) is 5.10 Å². The van der Waals surface area contributed by atoms with Crippen LogP contribution in [0, 0.1) is 19.8 Å². The van der Waals surface area contributed by atoms with E-state index in [4.69, 9.17) is 0 Å². The average Bonchev–Trinajstić information content (AvgIpc) is 3.02. The molecule has 0 bridgehead atoms. The van der Waals surface area contributed by atoms with Crippen LogP contribution in [0.1, 0.15) is 48.7 Å². The molecule has 1 aromatic heterocycles. The standard InChI is InChI=1S/C13H23N3/c1-9-13(10(2)16(4)15-9)12(14-3)8-7-11-5-6-11/h11-12,14H,5-8H2,1-4H3. The highest BCUT2D eigenvalue weighted by molar-refractivity contribution is 5.28. The van der Waals surface area contributed by atoms with Gasteiger partial charge in [0.15, 0.2) is 0 Å². The van der Waals surface area contributed by atoms with Gasteiger partial charge < -0.3 is 5.32 Å². The van der Waals surface area contributed by atoms with Crippen molar-refractivity contribution in [1.29, 1.82) is 0 Å². The summed E-state index contributed by atoms with van der Waals surface area (Å²) in [6, 6.07) is 0.481. The number of nitrogens with zero attached hydrogens (tertiary/aromatic N) is 2. The monoisotopic (exact) mass is 221 g/mol. The SMILES string of the molecule is CNC(CCC1CC1)c1c(C)nn(C)c1C. The first-order chi connectivity index (χ1) is 7.63. The van der Waals surface area contributed by atoms with Crippen LogP contribution in [0.25, 0.3) is 0 Å². The van der Waals surface area contributed by atoms with E-state index < -0.39 is 0 Å². The summed E-state index contributed by atoms with van der Waals surface area (Å²) in [5, 5.41) is 7.94. The molecule has 0 aliphatic heterocycles. The smallest absolute Gasteiger partial charge is 0.0644 e. The largest absolute Gasteiger partial charge is 0.313 e. The minimum absolute atomic E-state index is 0.481. The molecule has 1 N–H and O–H groups in total. The Morgan fingerprint density at radius 2 is 2.12 bits per heavy atom. The highest BCUT2D eigenvalue weighted by Crippen LogP contribution is 2.36. The Kier molecular flexibility index (Phi) is 3.33. The van der Waals surface area contributed by atoms with E-state index in [1.807, 2.05) is 11.7 Å². The normalized spacial score (nSPS) is 17.8. The van der Waals surface area contributed by atoms with Crippen molar-refractivity contribution >= 4 is 0 Å². The number of hydrogen-bond acceptors (Lipinski definition) is 2. The van der Waals surface area contributed by atoms with Crippen molar-refractivity contribution in [3.63, 3.8) is 0 Å². The number of hydrogen-bond donors (Lipinski definition) is 1. The molecule has 1 heterocycles. The van der Waals surface area contributed by atoms with E-state index in [2.05, 4.69) is 31.3 Å². The zero-order valence-corrected chi connectivity index (χ0v) is 10.9. The van der Waals surface area contributed by atoms with Crippen molar-refractivity contribution in [2.24, 2.45) is 13.0 Å². The van der Waals surface area contributed by atoms with Crippen molar-refractivity contribution in [3.05, 3.63) is 17.0 Å². The van der Waals surface area contributed by atoms with E-state index in [1.165, 1.54) is 42.6 Å². The Balaban J connectivity index is 2.11. The summed E-state index contributed by atoms with van der Waals surface area (Å²) in [7, 11) is 4.09. The molecular formula is C13H23N3. The highest BCUT2D eigenvalue weighted by Gasteiger charge is 2.24. The first kappa shape index (κ1) is 11.6. The Labute approximate surface area is 98.2 Å². The summed E-state index contributed by atoms with van der Waals surface area (Å²) in [6.45, 7) is 4.28. The van der Waals surface area contributed by atoms with Gasteiger partial charge >= 0.3 is 0 Å². The van der Waals surface area contributed by atoms with Crippen LogP contribution >= 0.6 is 0 Å². The highest BCUT2D eigenvalue weighted by atomic mass is 15.3. The van der Waals surface area contributed by atoms with E-state index in [1.54, 1.807) is 0 Å². The second-order valence-electron chi connectivity index (χ2n) is 5.07. The predicted molar refractivity (Wildman–Crippen MR) is 66.4 cm³/mol. The molecule has 0 aromatic carbocycles. The van der Waals surface area contributed by atoms with Gasteiger partial charge in [-0.15, -0.1) is 0 Å². The van der Waals surface area contributed by atoms with Gasteiger partial charge in [0.05, 0.1) is 5.69 Å². The first-order valence-electron chi connectivity index (χ1n) is 6.30. The molecule has 16 heavy (non-hydrogen) atoms. The van der Waals surface area contributed by atoms with Gasteiger partial charge in [0.25, 0.3) is 0 Å². The molecule has 1 unspecified atom stereocenters. The molecule has 3 nitrogen and oxygen atoms in total. The summed E-state index contributed by atoms with van der Waals surface area (Å²) >= 11 is 0. The van der Waals surface area contributed by atoms with Crippen molar-refractivity contribution < 1.29 is 0 Å². The summed E-state index contributed by atoms with van der Waals surface area (Å²) < 4.78 is 1.99. The minimum Gasteiger partial charge on any atom is -0.313 e. The van der Waals surface area contributed by atoms with Gasteiger partial charge in [0.1, 0.15) is 0 Å². The van der Waals surface area contributed by atoms with Gasteiger partial charge in [-0.25, -0.2) is 0 Å². The Morgan fingerprint density at radius 1 is 1.44 bits per heavy atom. The van der Waals surface area contributed by atoms with Gasteiger partial charge in [-0.1, -0.05) is 12.8 Å². The van der Waals surface area contributed by atoms with E-state index in [9.17, 15) is 0 Å². The molecule has 0 saturated heterocycles. The molecule has 1 atom stereocenters. The van der Waals surface area contributed by atoms with Gasteiger partial charge in [-0.05, 0) is 39.7 Å². The van der Waals surface area contributed by atoms with E-state index in [0.717, 1.165) is 5.92 Å². The Bertz CT molecular complexity index is 363. The Hall–Kier alpha value is -0.830. The molecule has 1 saturated carbocycles. The van der Waals surface area contributed by atoms with E-state index in [0.29, 0.717) is 6.04 Å². The topological polar surface area (TPSA) is 29.9 Å². The van der Waals surface area contributed by atoms with Crippen LogP contribution in [0.5, 0.6) is 0 Å². The summed E-state index contributed by atoms with van der Waals surface area (Å²) in [5.74, 6) is 1.01. The zero-order valence-electron chi connectivity index (χ0n) is 10.9. The molecule has 0 radical (unpaired) electrons. The van der Waals surface area contributed by atoms with Crippen LogP contribution in [0.2, 0.25) is 0 Å². The third-order valence-corrected chi connectivity index (χ3v) is 3.82. The van der Waals surface area contributed by atoms with E-state index in [-0.39, 0.29) is 0 Å². The molecule has 2 rings (SSSR count). The molecule has 0 spiro atoms. The lowest BCUT2D eigenvalue weighted by molar-refractivity contribution is 0.502. The van der Waals surface area contributed by atoms with Crippen molar-refractivity contribution in [2.75, 3.05) is 7.05 Å². The first-order valence-corrected chi connectivity index (χ1v) is 6.30. The lowest BCUT2D eigenvalue weighted by atomic mass is 9.99. The molecule has 1 aromatic rings. The lowest BCUT2D eigenvalue weighted by Crippen LogP contribution is -2.18. The molecular weight excluding hydrogens is 198 g/mol. The molecule has 1 aliphatic rings. The van der Waals surface area contributed by atoms with Crippen molar-refractivity contribution in [3.8, 4) is 0 Å². The van der Waals surface area contributed by atoms with Crippen molar-refractivity contribution in [1.82, 2.24) is 15.1 Å². The Morgan fingerprint density at radius 3 is 2.56 bits per heavy atom. The number of aromatic nitrogens is 2. The van der Waals surface area contributed by atoms with Crippen LogP contribution in [0.4, 0.5) is 0 Å². The molecule has 1 aliphatic carbocycles. The van der Waals surface area contributed by atoms with Crippen LogP contribution in [-0.2, 0) is 7.05 Å². The van der Waals surface area contributed by atoms with Crippen molar-refractivity contribution in [2.45, 2.75) is 45.6 Å². The fourth-order valence-electron chi connectivity index (χ4n) is 2.54. The van der Waals surface area contributed by atoms with Crippen LogP contribution in [0.3, 0.4) is 0 Å². The predicted octanol–water partition coefficient (Wildman–Crippen LogP) is 2.49.